The summed E-state index contributed by atoms with van der Waals surface area (Å²) in [6.45, 7) is 4.09. The number of carbonyl (C=O) groups excluding carboxylic acids is 1. The highest BCUT2D eigenvalue weighted by Gasteiger charge is 2.30. The number of ketones is 1. The molecule has 3 rings (SSSR count). The summed E-state index contributed by atoms with van der Waals surface area (Å²) in [7, 11) is 0. The van der Waals surface area contributed by atoms with Gasteiger partial charge in [-0.25, -0.2) is 0 Å². The molecule has 1 aliphatic heterocycles. The predicted molar refractivity (Wildman–Crippen MR) is 79.7 cm³/mol. The molecule has 0 atom stereocenters. The van der Waals surface area contributed by atoms with Crippen LogP contribution in [-0.4, -0.2) is 11.4 Å². The minimum atomic E-state index is -0.200. The number of carbonyl (C=O) groups is 1. The second-order valence-electron chi connectivity index (χ2n) is 5.67. The molecule has 0 aromatic heterocycles. The van der Waals surface area contributed by atoms with Gasteiger partial charge in [0.2, 0.25) is 0 Å². The molecule has 1 heterocycles. The minimum Gasteiger partial charge on any atom is -0.487 e. The Kier molecular flexibility index (Phi) is 3.06. The van der Waals surface area contributed by atoms with Crippen molar-refractivity contribution in [3.63, 3.8) is 0 Å². The van der Waals surface area contributed by atoms with Gasteiger partial charge < -0.3 is 4.74 Å². The highest BCUT2D eigenvalue weighted by Crippen LogP contribution is 2.35. The van der Waals surface area contributed by atoms with Gasteiger partial charge in [0.1, 0.15) is 11.4 Å². The first-order chi connectivity index (χ1) is 9.46. The Hall–Kier alpha value is -1.80. The van der Waals surface area contributed by atoms with Crippen molar-refractivity contribution < 1.29 is 9.53 Å². The number of hydrogen-bond donors (Lipinski definition) is 0. The summed E-state index contributed by atoms with van der Waals surface area (Å²) >= 11 is 6.09. The van der Waals surface area contributed by atoms with Crippen LogP contribution in [0.1, 0.15) is 35.3 Å². The first kappa shape index (κ1) is 13.2. The first-order valence-electron chi connectivity index (χ1n) is 6.57. The molecule has 20 heavy (non-hydrogen) atoms. The molecule has 0 fully saturated rings. The summed E-state index contributed by atoms with van der Waals surface area (Å²) in [6.07, 6.45) is 0.811. The number of fused-ring (bicyclic) bond motifs is 1. The van der Waals surface area contributed by atoms with Crippen molar-refractivity contribution in [3.05, 3.63) is 64.2 Å². The molecular formula is C17H15ClO2. The molecule has 3 heteroatoms. The van der Waals surface area contributed by atoms with Crippen LogP contribution in [0.15, 0.2) is 42.5 Å². The van der Waals surface area contributed by atoms with E-state index in [4.69, 9.17) is 16.3 Å². The van der Waals surface area contributed by atoms with Gasteiger partial charge in [-0.1, -0.05) is 23.7 Å². The molecule has 2 aromatic carbocycles. The normalized spacial score (nSPS) is 15.6. The van der Waals surface area contributed by atoms with E-state index >= 15 is 0 Å². The van der Waals surface area contributed by atoms with Gasteiger partial charge >= 0.3 is 0 Å². The lowest BCUT2D eigenvalue weighted by Crippen LogP contribution is -2.24. The topological polar surface area (TPSA) is 26.3 Å². The molecule has 0 aliphatic carbocycles. The molecular weight excluding hydrogens is 272 g/mol. The average molecular weight is 287 g/mol. The third-order valence-corrected chi connectivity index (χ3v) is 3.77. The Morgan fingerprint density at radius 1 is 1.20 bits per heavy atom. The van der Waals surface area contributed by atoms with Crippen LogP contribution >= 0.6 is 11.6 Å². The smallest absolute Gasteiger partial charge is 0.194 e. The second-order valence-corrected chi connectivity index (χ2v) is 6.08. The summed E-state index contributed by atoms with van der Waals surface area (Å²) in [4.78, 5) is 12.5. The lowest BCUT2D eigenvalue weighted by molar-refractivity contribution is 0.103. The number of rotatable bonds is 2. The number of ether oxygens (including phenoxy) is 1. The van der Waals surface area contributed by atoms with Crippen LogP contribution in [-0.2, 0) is 6.42 Å². The molecule has 0 unspecified atom stereocenters. The molecule has 2 nitrogen and oxygen atoms in total. The van der Waals surface area contributed by atoms with E-state index in [2.05, 4.69) is 0 Å². The highest BCUT2D eigenvalue weighted by molar-refractivity contribution is 6.35. The number of hydrogen-bond acceptors (Lipinski definition) is 2. The van der Waals surface area contributed by atoms with Crippen LogP contribution in [0.2, 0.25) is 5.02 Å². The fraction of sp³-hybridized carbons (Fsp3) is 0.235. The Bertz CT molecular complexity index is 689. The lowest BCUT2D eigenvalue weighted by Gasteiger charge is -2.16. The van der Waals surface area contributed by atoms with Crippen LogP contribution in [0.25, 0.3) is 0 Å². The van der Waals surface area contributed by atoms with E-state index in [0.717, 1.165) is 17.7 Å². The quantitative estimate of drug-likeness (QED) is 0.770. The maximum absolute atomic E-state index is 12.5. The SMILES string of the molecule is CC1(C)Cc2cc(C(=O)c3ccccc3Cl)ccc2O1. The molecule has 2 aromatic rings. The fourth-order valence-corrected chi connectivity index (χ4v) is 2.77. The van der Waals surface area contributed by atoms with E-state index in [1.807, 2.05) is 38.1 Å². The highest BCUT2D eigenvalue weighted by atomic mass is 35.5. The zero-order valence-electron chi connectivity index (χ0n) is 11.4. The molecule has 0 amide bonds. The van der Waals surface area contributed by atoms with Crippen LogP contribution < -0.4 is 4.74 Å². The van der Waals surface area contributed by atoms with E-state index in [-0.39, 0.29) is 11.4 Å². The summed E-state index contributed by atoms with van der Waals surface area (Å²) in [6, 6.07) is 12.7. The lowest BCUT2D eigenvalue weighted by atomic mass is 9.97. The van der Waals surface area contributed by atoms with Gasteiger partial charge in [0.25, 0.3) is 0 Å². The van der Waals surface area contributed by atoms with Crippen LogP contribution in [0.4, 0.5) is 0 Å². The van der Waals surface area contributed by atoms with Crippen molar-refractivity contribution >= 4 is 17.4 Å². The van der Waals surface area contributed by atoms with Gasteiger partial charge in [0.05, 0.1) is 5.02 Å². The minimum absolute atomic E-state index is 0.0527. The van der Waals surface area contributed by atoms with Gasteiger partial charge in [-0.15, -0.1) is 0 Å². The van der Waals surface area contributed by atoms with E-state index in [1.54, 1.807) is 18.2 Å². The molecule has 0 saturated carbocycles. The molecule has 0 N–H and O–H groups in total. The van der Waals surface area contributed by atoms with Crippen molar-refractivity contribution in [2.24, 2.45) is 0 Å². The molecule has 1 aliphatic rings. The zero-order valence-corrected chi connectivity index (χ0v) is 12.2. The van der Waals surface area contributed by atoms with Crippen LogP contribution in [0, 0.1) is 0 Å². The van der Waals surface area contributed by atoms with Crippen molar-refractivity contribution in [2.45, 2.75) is 25.9 Å². The van der Waals surface area contributed by atoms with E-state index in [0.29, 0.717) is 16.1 Å². The van der Waals surface area contributed by atoms with Gasteiger partial charge in [-0.05, 0) is 49.7 Å². The van der Waals surface area contributed by atoms with Crippen molar-refractivity contribution in [1.29, 1.82) is 0 Å². The van der Waals surface area contributed by atoms with Crippen molar-refractivity contribution in [3.8, 4) is 5.75 Å². The van der Waals surface area contributed by atoms with E-state index < -0.39 is 0 Å². The monoisotopic (exact) mass is 286 g/mol. The molecule has 0 bridgehead atoms. The van der Waals surface area contributed by atoms with E-state index in [1.165, 1.54) is 0 Å². The molecule has 0 saturated heterocycles. The first-order valence-corrected chi connectivity index (χ1v) is 6.95. The van der Waals surface area contributed by atoms with E-state index in [9.17, 15) is 4.79 Å². The second kappa shape index (κ2) is 4.64. The zero-order chi connectivity index (χ0) is 14.3. The largest absolute Gasteiger partial charge is 0.487 e. The standard InChI is InChI=1S/C17H15ClO2/c1-17(2)10-12-9-11(7-8-15(12)20-17)16(19)13-5-3-4-6-14(13)18/h3-9H,10H2,1-2H3. The Morgan fingerprint density at radius 2 is 1.95 bits per heavy atom. The van der Waals surface area contributed by atoms with Gasteiger partial charge in [0.15, 0.2) is 5.78 Å². The van der Waals surface area contributed by atoms with Gasteiger partial charge in [-0.2, -0.15) is 0 Å². The maximum Gasteiger partial charge on any atom is 0.194 e. The third-order valence-electron chi connectivity index (χ3n) is 3.44. The fourth-order valence-electron chi connectivity index (χ4n) is 2.55. The summed E-state index contributed by atoms with van der Waals surface area (Å²) in [5.41, 5.74) is 2.06. The summed E-state index contributed by atoms with van der Waals surface area (Å²) in [5.74, 6) is 0.814. The summed E-state index contributed by atoms with van der Waals surface area (Å²) < 4.78 is 5.82. The molecule has 102 valence electrons. The Labute approximate surface area is 123 Å². The summed E-state index contributed by atoms with van der Waals surface area (Å²) in [5, 5.41) is 0.481. The van der Waals surface area contributed by atoms with Crippen molar-refractivity contribution in [2.75, 3.05) is 0 Å². The third kappa shape index (κ3) is 2.32. The Balaban J connectivity index is 1.98. The van der Waals surface area contributed by atoms with Crippen LogP contribution in [0.5, 0.6) is 5.75 Å². The molecule has 0 radical (unpaired) electrons. The number of halogens is 1. The van der Waals surface area contributed by atoms with Gasteiger partial charge in [-0.3, -0.25) is 4.79 Å². The maximum atomic E-state index is 12.5. The number of benzene rings is 2. The van der Waals surface area contributed by atoms with Crippen LogP contribution in [0.3, 0.4) is 0 Å². The van der Waals surface area contributed by atoms with Gasteiger partial charge in [0, 0.05) is 17.5 Å². The predicted octanol–water partition coefficient (Wildman–Crippen LogP) is 4.28. The average Bonchev–Trinajstić information content (AvgIpc) is 2.71. The van der Waals surface area contributed by atoms with Crippen molar-refractivity contribution in [1.82, 2.24) is 0 Å². The molecule has 0 spiro atoms. The Morgan fingerprint density at radius 3 is 2.70 bits per heavy atom.